The average Bonchev–Trinajstić information content (AvgIpc) is 3.03. The molecule has 0 radical (unpaired) electrons. The number of hydrogen-bond donors (Lipinski definition) is 1. The Kier molecular flexibility index (Phi) is 4.68. The van der Waals surface area contributed by atoms with E-state index in [1.54, 1.807) is 18.3 Å². The van der Waals surface area contributed by atoms with Crippen LogP contribution in [0.5, 0.6) is 0 Å². The third-order valence-corrected chi connectivity index (χ3v) is 3.86. The van der Waals surface area contributed by atoms with Gasteiger partial charge >= 0.3 is 0 Å². The zero-order valence-electron chi connectivity index (χ0n) is 12.4. The SMILES string of the molecule is Cc1ccccc1-c1nnc(SCC(=O)Nc2ccccn2)o1. The lowest BCUT2D eigenvalue weighted by atomic mass is 10.1. The lowest BCUT2D eigenvalue weighted by Crippen LogP contribution is -2.14. The van der Waals surface area contributed by atoms with Crippen molar-refractivity contribution in [1.82, 2.24) is 15.2 Å². The van der Waals surface area contributed by atoms with Gasteiger partial charge in [-0.1, -0.05) is 36.0 Å². The van der Waals surface area contributed by atoms with E-state index in [1.807, 2.05) is 37.3 Å². The second-order valence-corrected chi connectivity index (χ2v) is 5.67. The average molecular weight is 326 g/mol. The molecule has 2 aromatic heterocycles. The van der Waals surface area contributed by atoms with Crippen molar-refractivity contribution in [3.05, 3.63) is 54.2 Å². The molecular weight excluding hydrogens is 312 g/mol. The normalized spacial score (nSPS) is 10.5. The topological polar surface area (TPSA) is 80.9 Å². The molecule has 1 amide bonds. The number of thioether (sulfide) groups is 1. The van der Waals surface area contributed by atoms with Gasteiger partial charge in [-0.25, -0.2) is 4.98 Å². The number of aryl methyl sites for hydroxylation is 1. The molecule has 0 aliphatic heterocycles. The fraction of sp³-hybridized carbons (Fsp3) is 0.125. The van der Waals surface area contributed by atoms with Crippen molar-refractivity contribution in [3.8, 4) is 11.5 Å². The van der Waals surface area contributed by atoms with Crippen LogP contribution >= 0.6 is 11.8 Å². The van der Waals surface area contributed by atoms with Gasteiger partial charge in [-0.3, -0.25) is 4.79 Å². The maximum Gasteiger partial charge on any atom is 0.277 e. The summed E-state index contributed by atoms with van der Waals surface area (Å²) in [7, 11) is 0. The zero-order valence-corrected chi connectivity index (χ0v) is 13.2. The Hall–Kier alpha value is -2.67. The number of rotatable bonds is 5. The van der Waals surface area contributed by atoms with E-state index in [2.05, 4.69) is 20.5 Å². The number of hydrogen-bond acceptors (Lipinski definition) is 6. The van der Waals surface area contributed by atoms with Gasteiger partial charge in [0.2, 0.25) is 11.8 Å². The van der Waals surface area contributed by atoms with E-state index in [-0.39, 0.29) is 11.7 Å². The third-order valence-electron chi connectivity index (χ3n) is 3.04. The van der Waals surface area contributed by atoms with Gasteiger partial charge in [-0.15, -0.1) is 10.2 Å². The van der Waals surface area contributed by atoms with Crippen LogP contribution < -0.4 is 5.32 Å². The molecule has 0 aliphatic carbocycles. The van der Waals surface area contributed by atoms with Crippen LogP contribution in [0.3, 0.4) is 0 Å². The molecule has 116 valence electrons. The molecule has 0 saturated carbocycles. The van der Waals surface area contributed by atoms with Crippen LogP contribution in [0.25, 0.3) is 11.5 Å². The molecule has 0 saturated heterocycles. The van der Waals surface area contributed by atoms with Gasteiger partial charge in [0.25, 0.3) is 5.22 Å². The Morgan fingerprint density at radius 3 is 2.78 bits per heavy atom. The number of amides is 1. The first-order chi connectivity index (χ1) is 11.2. The number of nitrogens with one attached hydrogen (secondary N) is 1. The van der Waals surface area contributed by atoms with Crippen molar-refractivity contribution in [3.63, 3.8) is 0 Å². The number of benzene rings is 1. The van der Waals surface area contributed by atoms with Crippen molar-refractivity contribution in [2.45, 2.75) is 12.1 Å². The van der Waals surface area contributed by atoms with E-state index in [4.69, 9.17) is 4.42 Å². The van der Waals surface area contributed by atoms with Crippen molar-refractivity contribution >= 4 is 23.5 Å². The third kappa shape index (κ3) is 3.95. The number of carbonyl (C=O) groups is 1. The minimum Gasteiger partial charge on any atom is -0.411 e. The standard InChI is InChI=1S/C16H14N4O2S/c1-11-6-2-3-7-12(11)15-19-20-16(22-15)23-10-14(21)18-13-8-4-5-9-17-13/h2-9H,10H2,1H3,(H,17,18,21). The van der Waals surface area contributed by atoms with Crippen LogP contribution in [0, 0.1) is 6.92 Å². The van der Waals surface area contributed by atoms with Crippen molar-refractivity contribution in [2.75, 3.05) is 11.1 Å². The highest BCUT2D eigenvalue weighted by atomic mass is 32.2. The Morgan fingerprint density at radius 1 is 1.17 bits per heavy atom. The van der Waals surface area contributed by atoms with E-state index in [9.17, 15) is 4.79 Å². The summed E-state index contributed by atoms with van der Waals surface area (Å²) in [6, 6.07) is 13.1. The zero-order chi connectivity index (χ0) is 16.1. The van der Waals surface area contributed by atoms with Crippen LogP contribution in [-0.4, -0.2) is 26.8 Å². The van der Waals surface area contributed by atoms with Crippen LogP contribution in [0.2, 0.25) is 0 Å². The summed E-state index contributed by atoms with van der Waals surface area (Å²) in [5.74, 6) is 0.968. The van der Waals surface area contributed by atoms with Gasteiger partial charge in [0, 0.05) is 11.8 Å². The lowest BCUT2D eigenvalue weighted by Gasteiger charge is -2.01. The molecule has 7 heteroatoms. The molecule has 2 heterocycles. The first-order valence-corrected chi connectivity index (χ1v) is 7.94. The smallest absolute Gasteiger partial charge is 0.277 e. The first-order valence-electron chi connectivity index (χ1n) is 6.95. The number of anilines is 1. The largest absolute Gasteiger partial charge is 0.411 e. The predicted molar refractivity (Wildman–Crippen MR) is 88.1 cm³/mol. The fourth-order valence-electron chi connectivity index (χ4n) is 1.93. The molecule has 23 heavy (non-hydrogen) atoms. The highest BCUT2D eigenvalue weighted by Gasteiger charge is 2.12. The second-order valence-electron chi connectivity index (χ2n) is 4.74. The molecule has 0 atom stereocenters. The predicted octanol–water partition coefficient (Wildman–Crippen LogP) is 3.17. The van der Waals surface area contributed by atoms with Crippen LogP contribution in [-0.2, 0) is 4.79 Å². The number of nitrogens with zero attached hydrogens (tertiary/aromatic N) is 3. The highest BCUT2D eigenvalue weighted by Crippen LogP contribution is 2.25. The summed E-state index contributed by atoms with van der Waals surface area (Å²) in [4.78, 5) is 15.9. The van der Waals surface area contributed by atoms with E-state index in [0.717, 1.165) is 11.1 Å². The van der Waals surface area contributed by atoms with Gasteiger partial charge in [0.15, 0.2) is 0 Å². The quantitative estimate of drug-likeness (QED) is 0.725. The minimum atomic E-state index is -0.177. The van der Waals surface area contributed by atoms with Crippen molar-refractivity contribution in [1.29, 1.82) is 0 Å². The molecule has 0 spiro atoms. The van der Waals surface area contributed by atoms with E-state index >= 15 is 0 Å². The summed E-state index contributed by atoms with van der Waals surface area (Å²) >= 11 is 1.19. The number of carbonyl (C=O) groups excluding carboxylic acids is 1. The summed E-state index contributed by atoms with van der Waals surface area (Å²) in [5, 5.41) is 11.1. The number of pyridine rings is 1. The highest BCUT2D eigenvalue weighted by molar-refractivity contribution is 7.99. The number of aromatic nitrogens is 3. The molecule has 6 nitrogen and oxygen atoms in total. The molecule has 0 bridgehead atoms. The van der Waals surface area contributed by atoms with Gasteiger partial charge in [-0.05, 0) is 30.7 Å². The van der Waals surface area contributed by atoms with E-state index < -0.39 is 0 Å². The Balaban J connectivity index is 1.59. The summed E-state index contributed by atoms with van der Waals surface area (Å²) in [6.45, 7) is 1.98. The van der Waals surface area contributed by atoms with Gasteiger partial charge in [0.1, 0.15) is 5.82 Å². The maximum absolute atomic E-state index is 11.9. The van der Waals surface area contributed by atoms with Crippen LogP contribution in [0.4, 0.5) is 5.82 Å². The van der Waals surface area contributed by atoms with Gasteiger partial charge < -0.3 is 9.73 Å². The second kappa shape index (κ2) is 7.06. The van der Waals surface area contributed by atoms with Crippen molar-refractivity contribution in [2.24, 2.45) is 0 Å². The molecule has 1 N–H and O–H groups in total. The van der Waals surface area contributed by atoms with Gasteiger partial charge in [0.05, 0.1) is 5.75 Å². The monoisotopic (exact) mass is 326 g/mol. The molecular formula is C16H14N4O2S. The molecule has 1 aromatic carbocycles. The fourth-order valence-corrected chi connectivity index (χ4v) is 2.50. The van der Waals surface area contributed by atoms with E-state index in [0.29, 0.717) is 16.9 Å². The molecule has 3 aromatic rings. The Bertz CT molecular complexity index is 805. The summed E-state index contributed by atoms with van der Waals surface area (Å²) in [5.41, 5.74) is 1.95. The van der Waals surface area contributed by atoms with Gasteiger partial charge in [-0.2, -0.15) is 0 Å². The first kappa shape index (κ1) is 15.2. The van der Waals surface area contributed by atoms with E-state index in [1.165, 1.54) is 11.8 Å². The molecule has 0 unspecified atom stereocenters. The summed E-state index contributed by atoms with van der Waals surface area (Å²) in [6.07, 6.45) is 1.62. The summed E-state index contributed by atoms with van der Waals surface area (Å²) < 4.78 is 5.60. The van der Waals surface area contributed by atoms with Crippen molar-refractivity contribution < 1.29 is 9.21 Å². The van der Waals surface area contributed by atoms with Crippen LogP contribution in [0.1, 0.15) is 5.56 Å². The van der Waals surface area contributed by atoms with Crippen LogP contribution in [0.15, 0.2) is 58.3 Å². The minimum absolute atomic E-state index is 0.173. The molecule has 0 fully saturated rings. The Labute approximate surface area is 137 Å². The lowest BCUT2D eigenvalue weighted by molar-refractivity contribution is -0.113. The molecule has 3 rings (SSSR count). The molecule has 0 aliphatic rings. The Morgan fingerprint density at radius 2 is 2.00 bits per heavy atom. The maximum atomic E-state index is 11.9.